The second kappa shape index (κ2) is 8.20. The molecule has 2 saturated heterocycles. The van der Waals surface area contributed by atoms with Gasteiger partial charge in [-0.3, -0.25) is 9.69 Å². The summed E-state index contributed by atoms with van der Waals surface area (Å²) >= 11 is 0. The highest BCUT2D eigenvalue weighted by Crippen LogP contribution is 2.40. The van der Waals surface area contributed by atoms with Crippen LogP contribution in [0.25, 0.3) is 0 Å². The van der Waals surface area contributed by atoms with Gasteiger partial charge in [-0.25, -0.2) is 0 Å². The number of carbonyl (C=O) groups is 1. The molecule has 2 rings (SSSR count). The molecule has 0 aromatic carbocycles. The monoisotopic (exact) mass is 318 g/mol. The number of hydrogen-bond acceptors (Lipinski definition) is 2. The third kappa shape index (κ3) is 4.73. The van der Waals surface area contributed by atoms with Gasteiger partial charge in [-0.1, -0.05) is 46.0 Å². The van der Waals surface area contributed by atoms with Crippen molar-refractivity contribution in [1.29, 1.82) is 0 Å². The molecule has 2 aliphatic rings. The van der Waals surface area contributed by atoms with E-state index in [2.05, 4.69) is 35.5 Å². The average Bonchev–Trinajstić information content (AvgIpc) is 2.51. The Morgan fingerprint density at radius 1 is 1.17 bits per heavy atom. The summed E-state index contributed by atoms with van der Waals surface area (Å²) < 4.78 is 0. The molecule has 1 unspecified atom stereocenters. The van der Waals surface area contributed by atoms with E-state index in [4.69, 9.17) is 0 Å². The molecule has 0 aromatic heterocycles. The maximum atomic E-state index is 12.0. The Hall–Kier alpha value is -1.01. The van der Waals surface area contributed by atoms with Crippen LogP contribution in [0.5, 0.6) is 0 Å². The van der Waals surface area contributed by atoms with Gasteiger partial charge < -0.3 is 4.90 Å². The zero-order valence-corrected chi connectivity index (χ0v) is 15.5. The second-order valence-electron chi connectivity index (χ2n) is 7.84. The summed E-state index contributed by atoms with van der Waals surface area (Å²) in [5.41, 5.74) is 0.419. The van der Waals surface area contributed by atoms with Crippen LogP contribution >= 0.6 is 0 Å². The molecule has 1 spiro atoms. The summed E-state index contributed by atoms with van der Waals surface area (Å²) in [6.45, 7) is 13.6. The summed E-state index contributed by atoms with van der Waals surface area (Å²) in [6.07, 6.45) is 6.08. The molecule has 0 aromatic rings. The standard InChI is InChI=1S/C20H34N2O/c1-5-8-18(6-2)9-7-12-21-13-10-20(11-14-21)15-22(16-20)19(23)17(3)4/h17-18H,5-6,8,10-16H2,1-4H3. The topological polar surface area (TPSA) is 23.6 Å². The number of amides is 1. The highest BCUT2D eigenvalue weighted by atomic mass is 16.2. The molecular formula is C20H34N2O. The Balaban J connectivity index is 1.71. The van der Waals surface area contributed by atoms with E-state index in [1.54, 1.807) is 0 Å². The molecule has 0 radical (unpaired) electrons. The van der Waals surface area contributed by atoms with Crippen molar-refractivity contribution < 1.29 is 4.79 Å². The van der Waals surface area contributed by atoms with Crippen LogP contribution in [0, 0.1) is 29.1 Å². The summed E-state index contributed by atoms with van der Waals surface area (Å²) in [5, 5.41) is 0. The molecule has 2 fully saturated rings. The van der Waals surface area contributed by atoms with Crippen molar-refractivity contribution in [2.75, 3.05) is 32.7 Å². The van der Waals surface area contributed by atoms with E-state index in [0.717, 1.165) is 32.7 Å². The van der Waals surface area contributed by atoms with Gasteiger partial charge in [0.2, 0.25) is 5.91 Å². The van der Waals surface area contributed by atoms with Crippen LogP contribution < -0.4 is 0 Å². The van der Waals surface area contributed by atoms with Crippen LogP contribution in [0.4, 0.5) is 0 Å². The molecule has 2 aliphatic heterocycles. The van der Waals surface area contributed by atoms with Crippen molar-refractivity contribution in [1.82, 2.24) is 9.80 Å². The molecule has 0 saturated carbocycles. The minimum Gasteiger partial charge on any atom is -0.341 e. The number of hydrogen-bond donors (Lipinski definition) is 0. The Kier molecular flexibility index (Phi) is 6.53. The summed E-state index contributed by atoms with van der Waals surface area (Å²) in [6, 6.07) is 0. The third-order valence-corrected chi connectivity index (χ3v) is 5.51. The van der Waals surface area contributed by atoms with Gasteiger partial charge in [-0.15, -0.1) is 0 Å². The quantitative estimate of drug-likeness (QED) is 0.725. The van der Waals surface area contributed by atoms with Gasteiger partial charge in [0.1, 0.15) is 0 Å². The Labute approximate surface area is 142 Å². The highest BCUT2D eigenvalue weighted by Gasteiger charge is 2.46. The van der Waals surface area contributed by atoms with Gasteiger partial charge in [0, 0.05) is 30.3 Å². The minimum absolute atomic E-state index is 0.136. The normalized spacial score (nSPS) is 21.7. The first kappa shape index (κ1) is 18.3. The van der Waals surface area contributed by atoms with Gasteiger partial charge in [0.05, 0.1) is 6.54 Å². The second-order valence-corrected chi connectivity index (χ2v) is 7.84. The van der Waals surface area contributed by atoms with Crippen LogP contribution in [0.15, 0.2) is 0 Å². The molecule has 0 N–H and O–H groups in total. The lowest BCUT2D eigenvalue weighted by Gasteiger charge is -2.54. The third-order valence-electron chi connectivity index (χ3n) is 5.51. The first-order valence-electron chi connectivity index (χ1n) is 9.49. The lowest BCUT2D eigenvalue weighted by Crippen LogP contribution is -2.62. The average molecular weight is 319 g/mol. The van der Waals surface area contributed by atoms with Crippen molar-refractivity contribution in [3.63, 3.8) is 0 Å². The summed E-state index contributed by atoms with van der Waals surface area (Å²) in [7, 11) is 0. The molecule has 3 heteroatoms. The van der Waals surface area contributed by atoms with Gasteiger partial charge in [0.25, 0.3) is 0 Å². The van der Waals surface area contributed by atoms with Crippen molar-refractivity contribution in [2.45, 2.75) is 59.8 Å². The predicted octanol–water partition coefficient (Wildman–Crippen LogP) is 3.40. The van der Waals surface area contributed by atoms with Gasteiger partial charge >= 0.3 is 0 Å². The fourth-order valence-corrected chi connectivity index (χ4v) is 3.81. The number of likely N-dealkylation sites (tertiary alicyclic amines) is 2. The van der Waals surface area contributed by atoms with Gasteiger partial charge in [0.15, 0.2) is 0 Å². The first-order valence-corrected chi connectivity index (χ1v) is 9.49. The van der Waals surface area contributed by atoms with Crippen LogP contribution in [0.3, 0.4) is 0 Å². The van der Waals surface area contributed by atoms with E-state index in [0.29, 0.717) is 17.2 Å². The maximum absolute atomic E-state index is 12.0. The van der Waals surface area contributed by atoms with Crippen LogP contribution in [-0.2, 0) is 4.79 Å². The Morgan fingerprint density at radius 3 is 2.35 bits per heavy atom. The van der Waals surface area contributed by atoms with Crippen LogP contribution in [-0.4, -0.2) is 48.4 Å². The molecule has 1 amide bonds. The van der Waals surface area contributed by atoms with Crippen molar-refractivity contribution in [3.8, 4) is 11.8 Å². The number of piperidine rings is 1. The van der Waals surface area contributed by atoms with Crippen molar-refractivity contribution in [2.24, 2.45) is 17.3 Å². The molecular weight excluding hydrogens is 284 g/mol. The summed E-state index contributed by atoms with van der Waals surface area (Å²) in [5.74, 6) is 7.91. The Morgan fingerprint density at radius 2 is 1.83 bits per heavy atom. The SMILES string of the molecule is CCCC(C#CCN1CCC2(CC1)CN(C(=O)C(C)C)C2)CC. The summed E-state index contributed by atoms with van der Waals surface area (Å²) in [4.78, 5) is 16.5. The van der Waals surface area contributed by atoms with E-state index in [-0.39, 0.29) is 5.92 Å². The fraction of sp³-hybridized carbons (Fsp3) is 0.850. The van der Waals surface area contributed by atoms with Crippen molar-refractivity contribution >= 4 is 5.91 Å². The largest absolute Gasteiger partial charge is 0.341 e. The van der Waals surface area contributed by atoms with Crippen LogP contribution in [0.2, 0.25) is 0 Å². The van der Waals surface area contributed by atoms with Crippen molar-refractivity contribution in [3.05, 3.63) is 0 Å². The molecule has 2 heterocycles. The number of carbonyl (C=O) groups excluding carboxylic acids is 1. The Bertz CT molecular complexity index is 444. The minimum atomic E-state index is 0.136. The van der Waals surface area contributed by atoms with Gasteiger partial charge in [-0.2, -0.15) is 0 Å². The molecule has 23 heavy (non-hydrogen) atoms. The van der Waals surface area contributed by atoms with E-state index in [1.165, 1.54) is 32.1 Å². The zero-order valence-electron chi connectivity index (χ0n) is 15.5. The van der Waals surface area contributed by atoms with E-state index in [9.17, 15) is 4.79 Å². The first-order chi connectivity index (χ1) is 11.0. The molecule has 0 bridgehead atoms. The van der Waals surface area contributed by atoms with Gasteiger partial charge in [-0.05, 0) is 38.8 Å². The van der Waals surface area contributed by atoms with E-state index in [1.807, 2.05) is 13.8 Å². The fourth-order valence-electron chi connectivity index (χ4n) is 3.81. The predicted molar refractivity (Wildman–Crippen MR) is 96.0 cm³/mol. The molecule has 1 atom stereocenters. The zero-order chi connectivity index (χ0) is 16.9. The van der Waals surface area contributed by atoms with Crippen LogP contribution in [0.1, 0.15) is 59.8 Å². The smallest absolute Gasteiger partial charge is 0.225 e. The number of nitrogens with zero attached hydrogens (tertiary/aromatic N) is 2. The lowest BCUT2D eigenvalue weighted by atomic mass is 9.71. The molecule has 0 aliphatic carbocycles. The molecule has 130 valence electrons. The van der Waals surface area contributed by atoms with E-state index < -0.39 is 0 Å². The lowest BCUT2D eigenvalue weighted by molar-refractivity contribution is -0.150. The van der Waals surface area contributed by atoms with E-state index >= 15 is 0 Å². The molecule has 3 nitrogen and oxygen atoms in total. The number of rotatable bonds is 5. The maximum Gasteiger partial charge on any atom is 0.225 e. The highest BCUT2D eigenvalue weighted by molar-refractivity contribution is 5.79.